The number of thiophene rings is 1. The molecule has 0 saturated heterocycles. The summed E-state index contributed by atoms with van der Waals surface area (Å²) in [5.74, 6) is -0.385. The number of carbonyl (C=O) groups excluding carboxylic acids is 2. The van der Waals surface area contributed by atoms with E-state index in [0.717, 1.165) is 16.8 Å². The van der Waals surface area contributed by atoms with Crippen molar-refractivity contribution in [1.82, 2.24) is 14.7 Å². The molecule has 0 N–H and O–H groups in total. The highest BCUT2D eigenvalue weighted by Crippen LogP contribution is 2.26. The molecule has 0 aliphatic carbocycles. The van der Waals surface area contributed by atoms with E-state index in [-0.39, 0.29) is 17.5 Å². The first kappa shape index (κ1) is 16.7. The molecule has 132 valence electrons. The van der Waals surface area contributed by atoms with Crippen molar-refractivity contribution in [1.29, 1.82) is 0 Å². The molecule has 3 heterocycles. The Bertz CT molecular complexity index is 991. The standard InChI is InChI=1S/C19H16FN3O2S/c1-12(24)18-6-14(11-26-18)19(25)22-9-15-7-21-23(17(15)10-22)8-13-2-4-16(20)5-3-13/h2-7,11H,8-10H2,1H3. The van der Waals surface area contributed by atoms with Crippen LogP contribution < -0.4 is 0 Å². The molecule has 0 fully saturated rings. The monoisotopic (exact) mass is 369 g/mol. The molecule has 5 nitrogen and oxygen atoms in total. The Kier molecular flexibility index (Phi) is 4.16. The number of hydrogen-bond acceptors (Lipinski definition) is 4. The molecule has 0 spiro atoms. The SMILES string of the molecule is CC(=O)c1cc(C(=O)N2Cc3cnn(Cc4ccc(F)cc4)c3C2)cs1. The van der Waals surface area contributed by atoms with E-state index in [1.165, 1.54) is 30.4 Å². The third kappa shape index (κ3) is 3.06. The van der Waals surface area contributed by atoms with Crippen molar-refractivity contribution in [3.8, 4) is 0 Å². The van der Waals surface area contributed by atoms with Gasteiger partial charge in [-0.2, -0.15) is 5.10 Å². The third-order valence-electron chi connectivity index (χ3n) is 4.46. The number of nitrogens with zero attached hydrogens (tertiary/aromatic N) is 3. The lowest BCUT2D eigenvalue weighted by atomic mass is 10.2. The minimum absolute atomic E-state index is 0.0336. The maximum atomic E-state index is 13.1. The largest absolute Gasteiger partial charge is 0.328 e. The molecule has 1 aliphatic rings. The second kappa shape index (κ2) is 6.49. The van der Waals surface area contributed by atoms with Crippen molar-refractivity contribution in [3.63, 3.8) is 0 Å². The smallest absolute Gasteiger partial charge is 0.255 e. The molecule has 0 bridgehead atoms. The van der Waals surface area contributed by atoms with Crippen molar-refractivity contribution in [3.05, 3.63) is 75.0 Å². The average molecular weight is 369 g/mol. The molecule has 1 aromatic carbocycles. The van der Waals surface area contributed by atoms with E-state index < -0.39 is 0 Å². The van der Waals surface area contributed by atoms with E-state index in [0.29, 0.717) is 30.1 Å². The lowest BCUT2D eigenvalue weighted by Crippen LogP contribution is -2.26. The van der Waals surface area contributed by atoms with Crippen molar-refractivity contribution < 1.29 is 14.0 Å². The quantitative estimate of drug-likeness (QED) is 0.662. The van der Waals surface area contributed by atoms with E-state index in [1.54, 1.807) is 34.7 Å². The van der Waals surface area contributed by atoms with Gasteiger partial charge in [-0.1, -0.05) is 12.1 Å². The maximum absolute atomic E-state index is 13.1. The van der Waals surface area contributed by atoms with Crippen LogP contribution in [0.25, 0.3) is 0 Å². The fraction of sp³-hybridized carbons (Fsp3) is 0.211. The zero-order chi connectivity index (χ0) is 18.3. The number of amides is 1. The van der Waals surface area contributed by atoms with Gasteiger partial charge in [-0.05, 0) is 30.7 Å². The molecule has 1 aliphatic heterocycles. The minimum atomic E-state index is -0.267. The summed E-state index contributed by atoms with van der Waals surface area (Å²) in [7, 11) is 0. The fourth-order valence-corrected chi connectivity index (χ4v) is 3.85. The highest BCUT2D eigenvalue weighted by Gasteiger charge is 2.28. The van der Waals surface area contributed by atoms with Gasteiger partial charge in [0.2, 0.25) is 0 Å². The van der Waals surface area contributed by atoms with Crippen LogP contribution in [-0.4, -0.2) is 26.4 Å². The number of carbonyl (C=O) groups is 2. The summed E-state index contributed by atoms with van der Waals surface area (Å²) >= 11 is 1.29. The Balaban J connectivity index is 1.50. The van der Waals surface area contributed by atoms with Gasteiger partial charge in [-0.3, -0.25) is 14.3 Å². The van der Waals surface area contributed by atoms with Crippen molar-refractivity contribution in [2.75, 3.05) is 0 Å². The number of halogens is 1. The molecule has 0 unspecified atom stereocenters. The summed E-state index contributed by atoms with van der Waals surface area (Å²) < 4.78 is 14.9. The normalized spacial score (nSPS) is 13.1. The number of aromatic nitrogens is 2. The van der Waals surface area contributed by atoms with E-state index in [4.69, 9.17) is 0 Å². The number of rotatable bonds is 4. The summed E-state index contributed by atoms with van der Waals surface area (Å²) in [6.45, 7) is 3.00. The van der Waals surface area contributed by atoms with Crippen LogP contribution in [-0.2, 0) is 19.6 Å². The average Bonchev–Trinajstić information content (AvgIpc) is 3.33. The predicted octanol–water partition coefficient (Wildman–Crippen LogP) is 3.49. The van der Waals surface area contributed by atoms with Crippen LogP contribution in [0.4, 0.5) is 4.39 Å². The second-order valence-corrected chi connectivity index (χ2v) is 7.23. The molecule has 0 saturated carbocycles. The van der Waals surface area contributed by atoms with Crippen LogP contribution in [0.15, 0.2) is 41.9 Å². The summed E-state index contributed by atoms with van der Waals surface area (Å²) in [5.41, 5.74) is 3.50. The maximum Gasteiger partial charge on any atom is 0.255 e. The molecule has 0 radical (unpaired) electrons. The summed E-state index contributed by atoms with van der Waals surface area (Å²) in [6.07, 6.45) is 1.78. The van der Waals surface area contributed by atoms with Crippen LogP contribution in [0.5, 0.6) is 0 Å². The van der Waals surface area contributed by atoms with Gasteiger partial charge in [0.15, 0.2) is 5.78 Å². The van der Waals surface area contributed by atoms with Crippen LogP contribution in [0.1, 0.15) is 43.8 Å². The molecule has 2 aromatic heterocycles. The Morgan fingerprint density at radius 1 is 1.23 bits per heavy atom. The lowest BCUT2D eigenvalue weighted by Gasteiger charge is -2.15. The zero-order valence-corrected chi connectivity index (χ0v) is 14.9. The van der Waals surface area contributed by atoms with E-state index in [9.17, 15) is 14.0 Å². The molecule has 0 atom stereocenters. The number of hydrogen-bond donors (Lipinski definition) is 0. The van der Waals surface area contributed by atoms with Gasteiger partial charge in [0, 0.05) is 17.5 Å². The van der Waals surface area contributed by atoms with Crippen LogP contribution >= 0.6 is 11.3 Å². The van der Waals surface area contributed by atoms with Gasteiger partial charge in [-0.15, -0.1) is 11.3 Å². The van der Waals surface area contributed by atoms with Gasteiger partial charge in [0.05, 0.1) is 35.4 Å². The highest BCUT2D eigenvalue weighted by molar-refractivity contribution is 7.12. The Labute approximate surface area is 153 Å². The molecule has 3 aromatic rings. The van der Waals surface area contributed by atoms with E-state index in [1.807, 2.05) is 4.68 Å². The van der Waals surface area contributed by atoms with Crippen molar-refractivity contribution in [2.45, 2.75) is 26.6 Å². The first-order valence-corrected chi connectivity index (χ1v) is 9.06. The zero-order valence-electron chi connectivity index (χ0n) is 14.1. The number of fused-ring (bicyclic) bond motifs is 1. The highest BCUT2D eigenvalue weighted by atomic mass is 32.1. The Hall–Kier alpha value is -2.80. The van der Waals surface area contributed by atoms with Crippen molar-refractivity contribution in [2.24, 2.45) is 0 Å². The molecule has 4 rings (SSSR count). The summed E-state index contributed by atoms with van der Waals surface area (Å²) in [6, 6.07) is 7.98. The van der Waals surface area contributed by atoms with Gasteiger partial charge >= 0.3 is 0 Å². The van der Waals surface area contributed by atoms with Crippen LogP contribution in [0.3, 0.4) is 0 Å². The number of ketones is 1. The molecule has 7 heteroatoms. The number of Topliss-reactive ketones (excluding diaryl/α,β-unsaturated/α-hetero) is 1. The van der Waals surface area contributed by atoms with Crippen LogP contribution in [0, 0.1) is 5.82 Å². The van der Waals surface area contributed by atoms with Crippen molar-refractivity contribution >= 4 is 23.0 Å². The first-order valence-electron chi connectivity index (χ1n) is 8.18. The van der Waals surface area contributed by atoms with E-state index in [2.05, 4.69) is 5.10 Å². The minimum Gasteiger partial charge on any atom is -0.328 e. The molecular weight excluding hydrogens is 353 g/mol. The van der Waals surface area contributed by atoms with Gasteiger partial charge < -0.3 is 4.90 Å². The predicted molar refractivity (Wildman–Crippen MR) is 95.6 cm³/mol. The second-order valence-electron chi connectivity index (χ2n) is 6.32. The molecule has 1 amide bonds. The van der Waals surface area contributed by atoms with Gasteiger partial charge in [-0.25, -0.2) is 4.39 Å². The number of benzene rings is 1. The first-order chi connectivity index (χ1) is 12.5. The van der Waals surface area contributed by atoms with E-state index >= 15 is 0 Å². The van der Waals surface area contributed by atoms with Crippen LogP contribution in [0.2, 0.25) is 0 Å². The Morgan fingerprint density at radius 3 is 2.69 bits per heavy atom. The summed E-state index contributed by atoms with van der Waals surface area (Å²) in [5, 5.41) is 6.12. The van der Waals surface area contributed by atoms with Gasteiger partial charge in [0.1, 0.15) is 5.82 Å². The Morgan fingerprint density at radius 2 is 2.00 bits per heavy atom. The molecule has 26 heavy (non-hydrogen) atoms. The fourth-order valence-electron chi connectivity index (χ4n) is 3.07. The van der Waals surface area contributed by atoms with Gasteiger partial charge in [0.25, 0.3) is 5.91 Å². The lowest BCUT2D eigenvalue weighted by molar-refractivity contribution is 0.0748. The topological polar surface area (TPSA) is 55.2 Å². The summed E-state index contributed by atoms with van der Waals surface area (Å²) in [4.78, 5) is 26.5. The third-order valence-corrected chi connectivity index (χ3v) is 5.49. The molecular formula is C19H16FN3O2S.